The van der Waals surface area contributed by atoms with Crippen LogP contribution < -0.4 is 5.32 Å². The summed E-state index contributed by atoms with van der Waals surface area (Å²) in [5.74, 6) is -0.129. The normalized spacial score (nSPS) is 14.3. The van der Waals surface area contributed by atoms with Crippen LogP contribution in [-0.4, -0.2) is 25.4 Å². The van der Waals surface area contributed by atoms with Gasteiger partial charge in [-0.25, -0.2) is 4.98 Å². The molecule has 0 aliphatic carbocycles. The van der Waals surface area contributed by atoms with E-state index in [4.69, 9.17) is 0 Å². The fraction of sp³-hybridized carbons (Fsp3) is 0.0357. The van der Waals surface area contributed by atoms with Gasteiger partial charge in [0.25, 0.3) is 5.91 Å². The van der Waals surface area contributed by atoms with E-state index in [2.05, 4.69) is 61.4 Å². The van der Waals surface area contributed by atoms with E-state index in [0.29, 0.717) is 11.2 Å². The largest absolute Gasteiger partial charge is 0.346 e. The highest BCUT2D eigenvalue weighted by atomic mass is 16.1. The Labute approximate surface area is 194 Å². The van der Waals surface area contributed by atoms with Gasteiger partial charge < -0.3 is 14.9 Å². The van der Waals surface area contributed by atoms with E-state index in [1.807, 2.05) is 42.6 Å². The summed E-state index contributed by atoms with van der Waals surface area (Å²) in [7, 11) is 0. The Kier molecular flexibility index (Phi) is 3.96. The van der Waals surface area contributed by atoms with Gasteiger partial charge in [-0.1, -0.05) is 36.4 Å². The number of aromatic amines is 1. The molecule has 0 saturated heterocycles. The van der Waals surface area contributed by atoms with Gasteiger partial charge in [-0.15, -0.1) is 0 Å². The average Bonchev–Trinajstić information content (AvgIpc) is 3.61. The summed E-state index contributed by atoms with van der Waals surface area (Å²) < 4.78 is 2.17. The molecule has 0 bridgehead atoms. The number of aromatic nitrogens is 4. The second-order valence-corrected chi connectivity index (χ2v) is 8.47. The number of fused-ring (bicyclic) bond motifs is 5. The molecule has 0 radical (unpaired) electrons. The third-order valence-corrected chi connectivity index (χ3v) is 6.58. The summed E-state index contributed by atoms with van der Waals surface area (Å²) in [5, 5.41) is 5.18. The summed E-state index contributed by atoms with van der Waals surface area (Å²) in [5.41, 5.74) is 7.58. The second-order valence-electron chi connectivity index (χ2n) is 8.47. The molecule has 5 heterocycles. The number of nitrogens with zero attached hydrogens (tertiary/aromatic N) is 3. The molecule has 1 unspecified atom stereocenters. The van der Waals surface area contributed by atoms with Crippen molar-refractivity contribution >= 4 is 27.8 Å². The minimum absolute atomic E-state index is 0.129. The van der Waals surface area contributed by atoms with Crippen LogP contribution in [0.25, 0.3) is 38.8 Å². The Morgan fingerprint density at radius 1 is 0.971 bits per heavy atom. The number of carbonyl (C=O) groups is 1. The van der Waals surface area contributed by atoms with E-state index >= 15 is 0 Å². The number of pyridine rings is 2. The molecule has 6 nitrogen and oxygen atoms in total. The molecule has 2 aromatic carbocycles. The highest BCUT2D eigenvalue weighted by Gasteiger charge is 2.32. The highest BCUT2D eigenvalue weighted by Crippen LogP contribution is 2.42. The fourth-order valence-corrected chi connectivity index (χ4v) is 5.03. The first kappa shape index (κ1) is 18.8. The van der Waals surface area contributed by atoms with Gasteiger partial charge >= 0.3 is 0 Å². The summed E-state index contributed by atoms with van der Waals surface area (Å²) >= 11 is 0. The van der Waals surface area contributed by atoms with Crippen LogP contribution >= 0.6 is 0 Å². The Morgan fingerprint density at radius 2 is 1.91 bits per heavy atom. The van der Waals surface area contributed by atoms with E-state index in [0.717, 1.165) is 44.4 Å². The maximum Gasteiger partial charge on any atom is 0.252 e. The lowest BCUT2D eigenvalue weighted by molar-refractivity contribution is 0.0945. The van der Waals surface area contributed by atoms with Crippen molar-refractivity contribution in [2.45, 2.75) is 6.04 Å². The molecular weight excluding hydrogens is 422 g/mol. The number of H-pyrrole nitrogens is 1. The third-order valence-electron chi connectivity index (χ3n) is 6.58. The van der Waals surface area contributed by atoms with Crippen molar-refractivity contribution in [1.29, 1.82) is 0 Å². The molecule has 0 fully saturated rings. The van der Waals surface area contributed by atoms with Crippen LogP contribution in [0.4, 0.5) is 0 Å². The number of rotatable bonds is 3. The number of benzene rings is 2. The Bertz CT molecular complexity index is 1730. The van der Waals surface area contributed by atoms with Crippen LogP contribution in [0.15, 0.2) is 97.6 Å². The fourth-order valence-electron chi connectivity index (χ4n) is 5.03. The predicted octanol–water partition coefficient (Wildman–Crippen LogP) is 5.40. The maximum absolute atomic E-state index is 13.4. The number of hydrogen-bond donors (Lipinski definition) is 2. The molecule has 1 aliphatic heterocycles. The number of amides is 1. The number of nitrogens with one attached hydrogen (secondary N) is 2. The summed E-state index contributed by atoms with van der Waals surface area (Å²) in [6.45, 7) is 0. The molecule has 4 aromatic heterocycles. The van der Waals surface area contributed by atoms with Crippen molar-refractivity contribution in [3.8, 4) is 16.8 Å². The van der Waals surface area contributed by atoms with E-state index < -0.39 is 0 Å². The van der Waals surface area contributed by atoms with Crippen LogP contribution in [0, 0.1) is 0 Å². The lowest BCUT2D eigenvalue weighted by Gasteiger charge is -2.15. The van der Waals surface area contributed by atoms with E-state index in [1.54, 1.807) is 18.5 Å². The Hall–Kier alpha value is -4.71. The minimum Gasteiger partial charge on any atom is -0.346 e. The first-order valence-corrected chi connectivity index (χ1v) is 11.2. The quantitative estimate of drug-likeness (QED) is 0.386. The predicted molar refractivity (Wildman–Crippen MR) is 132 cm³/mol. The van der Waals surface area contributed by atoms with Crippen molar-refractivity contribution in [1.82, 2.24) is 24.8 Å². The molecule has 2 N–H and O–H groups in total. The molecule has 6 heteroatoms. The van der Waals surface area contributed by atoms with Gasteiger partial charge in [0, 0.05) is 57.9 Å². The number of carbonyl (C=O) groups excluding carboxylic acids is 1. The SMILES string of the molecule is O=C(NC1c2cccc(-c3cnc4ccccc4c3)c2-n2cccc21)c1ccnc2[nH]ccc12. The zero-order valence-electron chi connectivity index (χ0n) is 18.1. The molecule has 1 amide bonds. The maximum atomic E-state index is 13.4. The van der Waals surface area contributed by atoms with Crippen molar-refractivity contribution < 1.29 is 4.79 Å². The molecular formula is C28H19N5O. The summed E-state index contributed by atoms with van der Waals surface area (Å²) in [4.78, 5) is 25.4. The van der Waals surface area contributed by atoms with Gasteiger partial charge in [0.2, 0.25) is 0 Å². The van der Waals surface area contributed by atoms with Gasteiger partial charge in [-0.2, -0.15) is 0 Å². The van der Waals surface area contributed by atoms with Crippen LogP contribution in [-0.2, 0) is 0 Å². The Morgan fingerprint density at radius 3 is 2.88 bits per heavy atom. The van der Waals surface area contributed by atoms with Gasteiger partial charge in [-0.05, 0) is 36.4 Å². The smallest absolute Gasteiger partial charge is 0.252 e. The van der Waals surface area contributed by atoms with Crippen molar-refractivity contribution in [3.05, 3.63) is 114 Å². The highest BCUT2D eigenvalue weighted by molar-refractivity contribution is 6.05. The van der Waals surface area contributed by atoms with Crippen molar-refractivity contribution in [3.63, 3.8) is 0 Å². The monoisotopic (exact) mass is 441 g/mol. The van der Waals surface area contributed by atoms with Crippen LogP contribution in [0.3, 0.4) is 0 Å². The first-order valence-electron chi connectivity index (χ1n) is 11.2. The molecule has 1 atom stereocenters. The van der Waals surface area contributed by atoms with E-state index in [9.17, 15) is 4.79 Å². The average molecular weight is 441 g/mol. The molecule has 0 saturated carbocycles. The molecule has 34 heavy (non-hydrogen) atoms. The zero-order valence-corrected chi connectivity index (χ0v) is 18.1. The van der Waals surface area contributed by atoms with Gasteiger partial charge in [0.05, 0.1) is 22.8 Å². The number of hydrogen-bond acceptors (Lipinski definition) is 3. The van der Waals surface area contributed by atoms with E-state index in [1.165, 1.54) is 0 Å². The summed E-state index contributed by atoms with van der Waals surface area (Å²) in [6.07, 6.45) is 7.43. The van der Waals surface area contributed by atoms with Crippen molar-refractivity contribution in [2.24, 2.45) is 0 Å². The second kappa shape index (κ2) is 7.15. The molecule has 0 spiro atoms. The minimum atomic E-state index is -0.256. The molecule has 162 valence electrons. The zero-order chi connectivity index (χ0) is 22.6. The molecule has 6 aromatic rings. The van der Waals surface area contributed by atoms with Gasteiger partial charge in [0.1, 0.15) is 5.65 Å². The van der Waals surface area contributed by atoms with Crippen LogP contribution in [0.1, 0.15) is 27.7 Å². The topological polar surface area (TPSA) is 75.6 Å². The lowest BCUT2D eigenvalue weighted by atomic mass is 9.97. The first-order chi connectivity index (χ1) is 16.8. The van der Waals surface area contributed by atoms with Crippen LogP contribution in [0.2, 0.25) is 0 Å². The van der Waals surface area contributed by atoms with E-state index in [-0.39, 0.29) is 11.9 Å². The number of para-hydroxylation sites is 2. The Balaban J connectivity index is 1.34. The molecule has 7 rings (SSSR count). The molecule has 1 aliphatic rings. The lowest BCUT2D eigenvalue weighted by Crippen LogP contribution is -2.28. The van der Waals surface area contributed by atoms with Crippen LogP contribution in [0.5, 0.6) is 0 Å². The third kappa shape index (κ3) is 2.72. The van der Waals surface area contributed by atoms with Gasteiger partial charge in [0.15, 0.2) is 0 Å². The summed E-state index contributed by atoms with van der Waals surface area (Å²) in [6, 6.07) is 24.0. The van der Waals surface area contributed by atoms with Gasteiger partial charge in [-0.3, -0.25) is 9.78 Å². The van der Waals surface area contributed by atoms with Crippen molar-refractivity contribution in [2.75, 3.05) is 0 Å². The standard InChI is InChI=1S/C28H19N5O/c34-28(21-11-13-30-27-20(21)10-12-29-27)32-25-22-7-3-6-19(26(22)33-14-4-9-24(25)33)18-15-17-5-1-2-8-23(17)31-16-18/h1-16,25H,(H,29,30)(H,32,34).